The van der Waals surface area contributed by atoms with E-state index in [1.807, 2.05) is 11.0 Å². The Labute approximate surface area is 333 Å². The first-order valence-electron chi connectivity index (χ1n) is 19.3. The molecule has 296 valence electrons. The Morgan fingerprint density at radius 2 is 1.60 bits per heavy atom. The monoisotopic (exact) mass is 797 g/mol. The van der Waals surface area contributed by atoms with Crippen LogP contribution < -0.4 is 25.2 Å². The van der Waals surface area contributed by atoms with Gasteiger partial charge in [0, 0.05) is 63.8 Å². The summed E-state index contributed by atoms with van der Waals surface area (Å²) in [5.41, 5.74) is 0.907. The smallest absolute Gasteiger partial charge is 0.271 e. The summed E-state index contributed by atoms with van der Waals surface area (Å²) in [5.74, 6) is -2.08. The molecule has 0 radical (unpaired) electrons. The van der Waals surface area contributed by atoms with Crippen molar-refractivity contribution in [2.24, 2.45) is 0 Å². The third kappa shape index (κ3) is 7.86. The van der Waals surface area contributed by atoms with E-state index in [0.29, 0.717) is 41.3 Å². The van der Waals surface area contributed by atoms with Crippen molar-refractivity contribution >= 4 is 52.6 Å². The van der Waals surface area contributed by atoms with Crippen LogP contribution in [0.1, 0.15) is 88.1 Å². The summed E-state index contributed by atoms with van der Waals surface area (Å²) in [6.45, 7) is 4.22. The molecule has 1 atom stereocenters. The molecule has 5 aliphatic rings. The van der Waals surface area contributed by atoms with Crippen molar-refractivity contribution < 1.29 is 33.1 Å². The number of nitriles is 1. The van der Waals surface area contributed by atoms with Gasteiger partial charge in [-0.1, -0.05) is 11.6 Å². The molecular weight excluding hydrogens is 757 g/mol. The molecular formula is C40H41ClFN9O6. The lowest BCUT2D eigenvalue weighted by atomic mass is 9.93. The molecule has 5 heterocycles. The van der Waals surface area contributed by atoms with Crippen LogP contribution in [-0.2, 0) is 9.59 Å². The van der Waals surface area contributed by atoms with Gasteiger partial charge in [0.2, 0.25) is 11.8 Å². The van der Waals surface area contributed by atoms with Gasteiger partial charge in [0.1, 0.15) is 35.2 Å². The highest BCUT2D eigenvalue weighted by molar-refractivity contribution is 6.31. The van der Waals surface area contributed by atoms with E-state index < -0.39 is 35.5 Å². The number of fused-ring (bicyclic) bond motifs is 1. The first-order valence-corrected chi connectivity index (χ1v) is 19.7. The molecule has 2 aromatic carbocycles. The van der Waals surface area contributed by atoms with Gasteiger partial charge in [0.25, 0.3) is 17.7 Å². The van der Waals surface area contributed by atoms with E-state index in [0.717, 1.165) is 75.7 Å². The quantitative estimate of drug-likeness (QED) is 0.318. The maximum atomic E-state index is 15.4. The number of anilines is 2. The molecule has 2 N–H and O–H groups in total. The fourth-order valence-electron chi connectivity index (χ4n) is 8.55. The van der Waals surface area contributed by atoms with Crippen LogP contribution in [0.5, 0.6) is 5.75 Å². The lowest BCUT2D eigenvalue weighted by molar-refractivity contribution is -0.136. The molecule has 57 heavy (non-hydrogen) atoms. The van der Waals surface area contributed by atoms with E-state index in [-0.39, 0.29) is 53.4 Å². The number of halogens is 2. The van der Waals surface area contributed by atoms with Crippen LogP contribution in [0.3, 0.4) is 0 Å². The Kier molecular flexibility index (Phi) is 10.8. The van der Waals surface area contributed by atoms with Gasteiger partial charge in [-0.15, -0.1) is 0 Å². The third-order valence-corrected chi connectivity index (χ3v) is 12.0. The minimum absolute atomic E-state index is 0.000371. The fraction of sp³-hybridized carbons (Fsp3) is 0.450. The van der Waals surface area contributed by atoms with Crippen molar-refractivity contribution in [2.75, 3.05) is 49.1 Å². The number of ether oxygens (including phenoxy) is 1. The first kappa shape index (κ1) is 38.2. The predicted molar refractivity (Wildman–Crippen MR) is 204 cm³/mol. The number of imide groups is 2. The molecule has 4 fully saturated rings. The van der Waals surface area contributed by atoms with Gasteiger partial charge < -0.3 is 19.9 Å². The number of hydrogen-bond acceptors (Lipinski definition) is 12. The molecule has 1 unspecified atom stereocenters. The number of aromatic nitrogens is 2. The lowest BCUT2D eigenvalue weighted by Crippen LogP contribution is -2.54. The average Bonchev–Trinajstić information content (AvgIpc) is 3.45. The number of hydrogen-bond donors (Lipinski definition) is 2. The summed E-state index contributed by atoms with van der Waals surface area (Å²) < 4.78 is 21.5. The van der Waals surface area contributed by atoms with Crippen molar-refractivity contribution in [2.45, 2.75) is 75.6 Å². The van der Waals surface area contributed by atoms with Gasteiger partial charge in [-0.05, 0) is 69.2 Å². The maximum absolute atomic E-state index is 15.4. The number of nitrogens with one attached hydrogen (secondary N) is 2. The highest BCUT2D eigenvalue weighted by Gasteiger charge is 2.45. The molecule has 1 saturated carbocycles. The molecule has 1 aliphatic carbocycles. The van der Waals surface area contributed by atoms with Gasteiger partial charge in [-0.3, -0.25) is 39.1 Å². The fourth-order valence-corrected chi connectivity index (χ4v) is 8.76. The second-order valence-electron chi connectivity index (χ2n) is 15.1. The molecule has 8 rings (SSSR count). The Hall–Kier alpha value is -5.66. The number of carbonyl (C=O) groups is 5. The second-order valence-corrected chi connectivity index (χ2v) is 15.5. The zero-order chi connectivity index (χ0) is 39.8. The molecule has 3 aromatic rings. The molecule has 4 aliphatic heterocycles. The molecule has 17 heteroatoms. The molecule has 15 nitrogen and oxygen atoms in total. The van der Waals surface area contributed by atoms with Gasteiger partial charge >= 0.3 is 0 Å². The van der Waals surface area contributed by atoms with Crippen LogP contribution >= 0.6 is 11.6 Å². The van der Waals surface area contributed by atoms with Gasteiger partial charge in [-0.25, -0.2) is 14.4 Å². The Balaban J connectivity index is 0.784. The van der Waals surface area contributed by atoms with E-state index in [2.05, 4.69) is 30.4 Å². The summed E-state index contributed by atoms with van der Waals surface area (Å²) >= 11 is 6.14. The highest BCUT2D eigenvalue weighted by Crippen LogP contribution is 2.34. The average molecular weight is 798 g/mol. The number of rotatable bonds is 8. The largest absolute Gasteiger partial charge is 0.490 e. The van der Waals surface area contributed by atoms with Crippen LogP contribution in [0, 0.1) is 17.1 Å². The van der Waals surface area contributed by atoms with E-state index in [9.17, 15) is 24.0 Å². The number of piperazine rings is 1. The lowest BCUT2D eigenvalue weighted by Gasteiger charge is -2.43. The third-order valence-electron chi connectivity index (χ3n) is 11.7. The van der Waals surface area contributed by atoms with Crippen molar-refractivity contribution in [3.63, 3.8) is 0 Å². The molecule has 0 spiro atoms. The second kappa shape index (κ2) is 16.1. The van der Waals surface area contributed by atoms with Gasteiger partial charge in [-0.2, -0.15) is 5.26 Å². The van der Waals surface area contributed by atoms with Crippen LogP contribution in [-0.4, -0.2) is 113 Å². The summed E-state index contributed by atoms with van der Waals surface area (Å²) in [6.07, 6.45) is 7.84. The summed E-state index contributed by atoms with van der Waals surface area (Å²) in [6, 6.07) is 8.78. The number of carbonyl (C=O) groups excluding carboxylic acids is 5. The molecule has 0 bridgehead atoms. The SMILES string of the molecule is N#Cc1ccc(OC2CCC(NC(=O)c3cnc(N4CCN(C5CCN(c6cc7c(cc6F)C(=O)N(C6CCC(=O)NC6=O)C7=O)CC5)CC4)cn3)CC2)cc1Cl. The summed E-state index contributed by atoms with van der Waals surface area (Å²) in [4.78, 5) is 79.8. The number of amides is 5. The number of piperidine rings is 2. The molecule has 1 aromatic heterocycles. The van der Waals surface area contributed by atoms with Gasteiger partial charge in [0.05, 0.1) is 45.9 Å². The molecule has 3 saturated heterocycles. The summed E-state index contributed by atoms with van der Waals surface area (Å²) in [7, 11) is 0. The van der Waals surface area contributed by atoms with Crippen molar-refractivity contribution in [3.05, 3.63) is 75.9 Å². The minimum atomic E-state index is -1.11. The predicted octanol–water partition coefficient (Wildman–Crippen LogP) is 3.45. The Morgan fingerprint density at radius 1 is 0.877 bits per heavy atom. The van der Waals surface area contributed by atoms with Crippen molar-refractivity contribution in [1.29, 1.82) is 5.26 Å². The Bertz CT molecular complexity index is 2140. The van der Waals surface area contributed by atoms with E-state index in [4.69, 9.17) is 21.6 Å². The van der Waals surface area contributed by atoms with Gasteiger partial charge in [0.15, 0.2) is 0 Å². The normalized spacial score (nSPS) is 23.2. The standard InChI is InChI=1S/C40H41ClFN9O6/c41-30-17-27(4-1-23(30)20-43)57-26-5-2-24(3-6-26)46-37(53)32-21-45-35(22-44-32)50-15-13-48(14-16-50)25-9-11-49(12-10-25)34-19-29-28(18-31(34)42)39(55)51(40(29)56)33-7-8-36(52)47-38(33)54/h1,4,17-19,21-22,24-26,33H,2-3,5-16H2,(H,46,53)(H,47,52,54). The van der Waals surface area contributed by atoms with E-state index in [1.165, 1.54) is 12.3 Å². The Morgan fingerprint density at radius 3 is 2.25 bits per heavy atom. The van der Waals surface area contributed by atoms with Crippen LogP contribution in [0.4, 0.5) is 15.9 Å². The zero-order valence-corrected chi connectivity index (χ0v) is 31.8. The van der Waals surface area contributed by atoms with Crippen LogP contribution in [0.25, 0.3) is 0 Å². The molecule has 5 amide bonds. The van der Waals surface area contributed by atoms with Crippen LogP contribution in [0.2, 0.25) is 5.02 Å². The van der Waals surface area contributed by atoms with Crippen molar-refractivity contribution in [3.8, 4) is 11.8 Å². The topological polar surface area (TPSA) is 181 Å². The first-order chi connectivity index (χ1) is 27.6. The minimum Gasteiger partial charge on any atom is -0.490 e. The number of benzene rings is 2. The van der Waals surface area contributed by atoms with E-state index >= 15 is 4.39 Å². The van der Waals surface area contributed by atoms with Crippen molar-refractivity contribution in [1.82, 2.24) is 30.4 Å². The zero-order valence-electron chi connectivity index (χ0n) is 31.1. The van der Waals surface area contributed by atoms with Crippen LogP contribution in [0.15, 0.2) is 42.7 Å². The summed E-state index contributed by atoms with van der Waals surface area (Å²) in [5, 5.41) is 14.7. The maximum Gasteiger partial charge on any atom is 0.271 e. The highest BCUT2D eigenvalue weighted by atomic mass is 35.5. The number of nitrogens with zero attached hydrogens (tertiary/aromatic N) is 7. The van der Waals surface area contributed by atoms with E-state index in [1.54, 1.807) is 24.4 Å².